The SMILES string of the molecule is CCCCn1cnc2sc(C(=O)OCC)c(C)c2c1=O. The van der Waals surface area contributed by atoms with Crippen LogP contribution in [0.2, 0.25) is 0 Å². The fourth-order valence-corrected chi connectivity index (χ4v) is 3.07. The molecule has 20 heavy (non-hydrogen) atoms. The van der Waals surface area contributed by atoms with E-state index < -0.39 is 0 Å². The minimum absolute atomic E-state index is 0.0762. The average molecular weight is 294 g/mol. The molecule has 2 aromatic rings. The number of carbonyl (C=O) groups is 1. The average Bonchev–Trinajstić information content (AvgIpc) is 2.76. The molecule has 2 rings (SSSR count). The van der Waals surface area contributed by atoms with Crippen molar-refractivity contribution in [3.63, 3.8) is 0 Å². The molecular weight excluding hydrogens is 276 g/mol. The molecule has 0 amide bonds. The maximum atomic E-state index is 12.4. The minimum atomic E-state index is -0.382. The first-order chi connectivity index (χ1) is 9.60. The Bertz CT molecular complexity index is 688. The number of hydrogen-bond acceptors (Lipinski definition) is 5. The molecule has 0 aliphatic carbocycles. The van der Waals surface area contributed by atoms with Crippen LogP contribution in [0.4, 0.5) is 0 Å². The highest BCUT2D eigenvalue weighted by atomic mass is 32.1. The van der Waals surface area contributed by atoms with E-state index in [0.29, 0.717) is 33.8 Å². The molecule has 0 saturated heterocycles. The summed E-state index contributed by atoms with van der Waals surface area (Å²) < 4.78 is 6.62. The standard InChI is InChI=1S/C14H18N2O3S/c1-4-6-7-16-8-15-12-10(13(16)17)9(3)11(20-12)14(18)19-5-2/h8H,4-7H2,1-3H3. The summed E-state index contributed by atoms with van der Waals surface area (Å²) in [7, 11) is 0. The number of rotatable bonds is 5. The van der Waals surface area contributed by atoms with Gasteiger partial charge in [0.1, 0.15) is 9.71 Å². The molecule has 0 radical (unpaired) electrons. The summed E-state index contributed by atoms with van der Waals surface area (Å²) in [4.78, 5) is 29.6. The van der Waals surface area contributed by atoms with E-state index in [1.165, 1.54) is 11.3 Å². The predicted octanol–water partition coefficient (Wildman–Crippen LogP) is 2.74. The Morgan fingerprint density at radius 3 is 2.85 bits per heavy atom. The smallest absolute Gasteiger partial charge is 0.348 e. The van der Waals surface area contributed by atoms with Gasteiger partial charge >= 0.3 is 5.97 Å². The highest BCUT2D eigenvalue weighted by molar-refractivity contribution is 7.20. The van der Waals surface area contributed by atoms with Gasteiger partial charge in [-0.25, -0.2) is 9.78 Å². The first-order valence-corrected chi connectivity index (χ1v) is 7.57. The fourth-order valence-electron chi connectivity index (χ4n) is 2.04. The summed E-state index contributed by atoms with van der Waals surface area (Å²) in [5.74, 6) is -0.382. The van der Waals surface area contributed by atoms with Crippen molar-refractivity contribution in [3.05, 3.63) is 27.1 Å². The number of esters is 1. The quantitative estimate of drug-likeness (QED) is 0.796. The first-order valence-electron chi connectivity index (χ1n) is 6.75. The van der Waals surface area contributed by atoms with Gasteiger partial charge in [0.05, 0.1) is 18.3 Å². The van der Waals surface area contributed by atoms with Crippen LogP contribution in [0.15, 0.2) is 11.1 Å². The van der Waals surface area contributed by atoms with E-state index in [2.05, 4.69) is 11.9 Å². The highest BCUT2D eigenvalue weighted by Crippen LogP contribution is 2.27. The molecule has 2 heterocycles. The van der Waals surface area contributed by atoms with E-state index in [1.807, 2.05) is 0 Å². The van der Waals surface area contributed by atoms with Gasteiger partial charge in [-0.1, -0.05) is 13.3 Å². The van der Waals surface area contributed by atoms with Gasteiger partial charge in [-0.2, -0.15) is 0 Å². The second-order valence-corrected chi connectivity index (χ2v) is 5.55. The van der Waals surface area contributed by atoms with Crippen LogP contribution in [0.5, 0.6) is 0 Å². The van der Waals surface area contributed by atoms with Crippen LogP contribution < -0.4 is 5.56 Å². The topological polar surface area (TPSA) is 61.2 Å². The van der Waals surface area contributed by atoms with Crippen molar-refractivity contribution in [2.75, 3.05) is 6.61 Å². The number of carbonyl (C=O) groups excluding carboxylic acids is 1. The normalized spacial score (nSPS) is 10.9. The molecule has 0 bridgehead atoms. The summed E-state index contributed by atoms with van der Waals surface area (Å²) in [6.45, 7) is 6.59. The van der Waals surface area contributed by atoms with Gasteiger partial charge < -0.3 is 4.74 Å². The maximum absolute atomic E-state index is 12.4. The second kappa shape index (κ2) is 6.17. The molecule has 0 fully saturated rings. The van der Waals surface area contributed by atoms with Crippen molar-refractivity contribution in [2.45, 2.75) is 40.2 Å². The van der Waals surface area contributed by atoms with Gasteiger partial charge in [-0.3, -0.25) is 9.36 Å². The number of aryl methyl sites for hydroxylation is 2. The number of thiophene rings is 1. The number of aromatic nitrogens is 2. The van der Waals surface area contributed by atoms with Crippen LogP contribution >= 0.6 is 11.3 Å². The van der Waals surface area contributed by atoms with Crippen molar-refractivity contribution < 1.29 is 9.53 Å². The lowest BCUT2D eigenvalue weighted by atomic mass is 10.2. The molecule has 0 aliphatic heterocycles. The number of fused-ring (bicyclic) bond motifs is 1. The third kappa shape index (κ3) is 2.60. The lowest BCUT2D eigenvalue weighted by Gasteiger charge is -2.03. The van der Waals surface area contributed by atoms with E-state index in [4.69, 9.17) is 4.74 Å². The van der Waals surface area contributed by atoms with Gasteiger partial charge in [0.15, 0.2) is 0 Å². The van der Waals surface area contributed by atoms with E-state index >= 15 is 0 Å². The van der Waals surface area contributed by atoms with Gasteiger partial charge in [0, 0.05) is 6.54 Å². The summed E-state index contributed by atoms with van der Waals surface area (Å²) in [6.07, 6.45) is 3.51. The Hall–Kier alpha value is -1.69. The molecule has 108 valence electrons. The van der Waals surface area contributed by atoms with Crippen molar-refractivity contribution in [3.8, 4) is 0 Å². The van der Waals surface area contributed by atoms with Crippen LogP contribution in [-0.2, 0) is 11.3 Å². The zero-order valence-corrected chi connectivity index (χ0v) is 12.7. The Balaban J connectivity index is 2.52. The lowest BCUT2D eigenvalue weighted by Crippen LogP contribution is -2.20. The molecule has 0 aromatic carbocycles. The Morgan fingerprint density at radius 2 is 2.20 bits per heavy atom. The van der Waals surface area contributed by atoms with Crippen molar-refractivity contribution in [2.24, 2.45) is 0 Å². The van der Waals surface area contributed by atoms with E-state index in [0.717, 1.165) is 12.8 Å². The van der Waals surface area contributed by atoms with E-state index in [9.17, 15) is 9.59 Å². The summed E-state index contributed by atoms with van der Waals surface area (Å²) >= 11 is 1.22. The Labute approximate surface area is 121 Å². The fraction of sp³-hybridized carbons (Fsp3) is 0.500. The van der Waals surface area contributed by atoms with Crippen LogP contribution in [-0.4, -0.2) is 22.1 Å². The Morgan fingerprint density at radius 1 is 1.45 bits per heavy atom. The molecule has 2 aromatic heterocycles. The molecule has 5 nitrogen and oxygen atoms in total. The predicted molar refractivity (Wildman–Crippen MR) is 79.5 cm³/mol. The zero-order chi connectivity index (χ0) is 14.7. The van der Waals surface area contributed by atoms with Crippen LogP contribution in [0.3, 0.4) is 0 Å². The van der Waals surface area contributed by atoms with Crippen molar-refractivity contribution in [1.82, 2.24) is 9.55 Å². The molecule has 0 aliphatic rings. The Kier molecular flexibility index (Phi) is 4.54. The van der Waals surface area contributed by atoms with Crippen LogP contribution in [0.25, 0.3) is 10.2 Å². The molecular formula is C14H18N2O3S. The first kappa shape index (κ1) is 14.7. The molecule has 0 unspecified atom stereocenters. The van der Waals surface area contributed by atoms with Crippen LogP contribution in [0, 0.1) is 6.92 Å². The largest absolute Gasteiger partial charge is 0.462 e. The van der Waals surface area contributed by atoms with Crippen LogP contribution in [0.1, 0.15) is 41.9 Å². The lowest BCUT2D eigenvalue weighted by molar-refractivity contribution is 0.0531. The molecule has 0 saturated carbocycles. The highest BCUT2D eigenvalue weighted by Gasteiger charge is 2.20. The number of ether oxygens (including phenoxy) is 1. The van der Waals surface area contributed by atoms with Gasteiger partial charge in [-0.15, -0.1) is 11.3 Å². The number of hydrogen-bond donors (Lipinski definition) is 0. The monoisotopic (exact) mass is 294 g/mol. The summed E-state index contributed by atoms with van der Waals surface area (Å²) in [5.41, 5.74) is 0.597. The molecule has 0 atom stereocenters. The summed E-state index contributed by atoms with van der Waals surface area (Å²) in [6, 6.07) is 0. The molecule has 6 heteroatoms. The van der Waals surface area contributed by atoms with Crippen molar-refractivity contribution in [1.29, 1.82) is 0 Å². The minimum Gasteiger partial charge on any atom is -0.462 e. The molecule has 0 N–H and O–H groups in total. The third-order valence-electron chi connectivity index (χ3n) is 3.13. The van der Waals surface area contributed by atoms with Crippen molar-refractivity contribution >= 4 is 27.5 Å². The molecule has 0 spiro atoms. The van der Waals surface area contributed by atoms with Gasteiger partial charge in [0.25, 0.3) is 5.56 Å². The van der Waals surface area contributed by atoms with Gasteiger partial charge in [0.2, 0.25) is 0 Å². The number of unbranched alkanes of at least 4 members (excludes halogenated alkanes) is 1. The van der Waals surface area contributed by atoms with Gasteiger partial charge in [-0.05, 0) is 25.8 Å². The maximum Gasteiger partial charge on any atom is 0.348 e. The summed E-state index contributed by atoms with van der Waals surface area (Å²) in [5, 5.41) is 0.539. The number of nitrogens with zero attached hydrogens (tertiary/aromatic N) is 2. The van der Waals surface area contributed by atoms with E-state index in [1.54, 1.807) is 24.7 Å². The third-order valence-corrected chi connectivity index (χ3v) is 4.31. The second-order valence-electron chi connectivity index (χ2n) is 4.55. The van der Waals surface area contributed by atoms with E-state index in [-0.39, 0.29) is 11.5 Å². The zero-order valence-electron chi connectivity index (χ0n) is 11.9.